The summed E-state index contributed by atoms with van der Waals surface area (Å²) >= 11 is 0. The second-order valence-corrected chi connectivity index (χ2v) is 7.61. The first-order chi connectivity index (χ1) is 11.4. The Labute approximate surface area is 144 Å². The van der Waals surface area contributed by atoms with Crippen LogP contribution in [0.2, 0.25) is 0 Å². The molecule has 4 nitrogen and oxygen atoms in total. The average molecular weight is 347 g/mol. The van der Waals surface area contributed by atoms with Crippen molar-refractivity contribution in [2.45, 2.75) is 44.6 Å². The highest BCUT2D eigenvalue weighted by Gasteiger charge is 2.22. The molecule has 0 aliphatic heterocycles. The molecule has 0 aliphatic carbocycles. The van der Waals surface area contributed by atoms with Gasteiger partial charge in [-0.2, -0.15) is 0 Å². The van der Waals surface area contributed by atoms with E-state index in [1.165, 1.54) is 0 Å². The summed E-state index contributed by atoms with van der Waals surface area (Å²) in [7, 11) is -1.99. The monoisotopic (exact) mass is 347 g/mol. The number of methoxy groups -OCH3 is 1. The second-order valence-electron chi connectivity index (χ2n) is 5.93. The van der Waals surface area contributed by atoms with Gasteiger partial charge in [-0.3, -0.25) is 0 Å². The van der Waals surface area contributed by atoms with Crippen LogP contribution in [-0.4, -0.2) is 21.6 Å². The largest absolute Gasteiger partial charge is 0.496 e. The van der Waals surface area contributed by atoms with Crippen LogP contribution < -0.4 is 9.46 Å². The molecule has 2 rings (SSSR count). The van der Waals surface area contributed by atoms with Crippen molar-refractivity contribution in [2.24, 2.45) is 0 Å². The van der Waals surface area contributed by atoms with Crippen molar-refractivity contribution < 1.29 is 13.2 Å². The lowest BCUT2D eigenvalue weighted by atomic mass is 10.1. The highest BCUT2D eigenvalue weighted by Crippen LogP contribution is 2.27. The van der Waals surface area contributed by atoms with Crippen LogP contribution in [0.3, 0.4) is 0 Å². The first-order valence-electron chi connectivity index (χ1n) is 8.09. The Morgan fingerprint density at radius 3 is 2.29 bits per heavy atom. The van der Waals surface area contributed by atoms with E-state index in [0.717, 1.165) is 23.1 Å². The van der Waals surface area contributed by atoms with Crippen LogP contribution in [0.4, 0.5) is 0 Å². The van der Waals surface area contributed by atoms with Gasteiger partial charge in [-0.25, -0.2) is 13.1 Å². The van der Waals surface area contributed by atoms with Crippen LogP contribution in [0.15, 0.2) is 47.4 Å². The van der Waals surface area contributed by atoms with E-state index < -0.39 is 10.0 Å². The van der Waals surface area contributed by atoms with Gasteiger partial charge in [-0.15, -0.1) is 0 Å². The maximum absolute atomic E-state index is 12.8. The van der Waals surface area contributed by atoms with Crippen LogP contribution in [0.5, 0.6) is 5.75 Å². The van der Waals surface area contributed by atoms with Gasteiger partial charge in [-0.05, 0) is 55.5 Å². The fourth-order valence-electron chi connectivity index (χ4n) is 2.73. The zero-order valence-electron chi connectivity index (χ0n) is 14.7. The maximum Gasteiger partial charge on any atom is 0.241 e. The summed E-state index contributed by atoms with van der Waals surface area (Å²) in [5, 5.41) is 0. The maximum atomic E-state index is 12.8. The third-order valence-corrected chi connectivity index (χ3v) is 6.00. The van der Waals surface area contributed by atoms with E-state index in [9.17, 15) is 8.42 Å². The van der Waals surface area contributed by atoms with Crippen molar-refractivity contribution in [1.29, 1.82) is 0 Å². The van der Waals surface area contributed by atoms with Crippen LogP contribution in [0.1, 0.15) is 30.0 Å². The van der Waals surface area contributed by atoms with Crippen molar-refractivity contribution in [3.63, 3.8) is 0 Å². The van der Waals surface area contributed by atoms with Gasteiger partial charge in [-0.1, -0.05) is 37.3 Å². The number of hydrogen-bond acceptors (Lipinski definition) is 3. The molecule has 1 unspecified atom stereocenters. The Bertz CT molecular complexity index is 786. The molecule has 2 aromatic rings. The van der Waals surface area contributed by atoms with Crippen molar-refractivity contribution in [3.05, 3.63) is 59.2 Å². The minimum Gasteiger partial charge on any atom is -0.496 e. The van der Waals surface area contributed by atoms with E-state index in [-0.39, 0.29) is 6.04 Å². The molecule has 0 bridgehead atoms. The summed E-state index contributed by atoms with van der Waals surface area (Å²) in [5.41, 5.74) is 2.68. The molecule has 0 saturated carbocycles. The molecular formula is C19H25NO3S. The van der Waals surface area contributed by atoms with Crippen molar-refractivity contribution >= 4 is 10.0 Å². The van der Waals surface area contributed by atoms with Gasteiger partial charge in [0.15, 0.2) is 0 Å². The SMILES string of the molecule is CCC(Cc1ccccc1)NS(=O)(=O)c1ccc(OC)c(C)c1C. The Morgan fingerprint density at radius 2 is 1.71 bits per heavy atom. The molecule has 0 aromatic heterocycles. The highest BCUT2D eigenvalue weighted by molar-refractivity contribution is 7.89. The standard InChI is InChI=1S/C19H25NO3S/c1-5-17(13-16-9-7-6-8-10-16)20-24(21,22)19-12-11-18(23-4)14(2)15(19)3/h6-12,17,20H,5,13H2,1-4H3. The first kappa shape index (κ1) is 18.5. The van der Waals surface area contributed by atoms with Crippen LogP contribution >= 0.6 is 0 Å². The second kappa shape index (κ2) is 7.81. The quantitative estimate of drug-likeness (QED) is 0.832. The lowest BCUT2D eigenvalue weighted by Crippen LogP contribution is -2.36. The molecule has 0 saturated heterocycles. The Balaban J connectivity index is 2.25. The topological polar surface area (TPSA) is 55.4 Å². The number of hydrogen-bond donors (Lipinski definition) is 1. The van der Waals surface area contributed by atoms with Gasteiger partial charge in [0.2, 0.25) is 10.0 Å². The first-order valence-corrected chi connectivity index (χ1v) is 9.57. The highest BCUT2D eigenvalue weighted by atomic mass is 32.2. The molecule has 0 heterocycles. The fraction of sp³-hybridized carbons (Fsp3) is 0.368. The molecule has 0 amide bonds. The van der Waals surface area contributed by atoms with Gasteiger partial charge in [0.1, 0.15) is 5.75 Å². The number of ether oxygens (including phenoxy) is 1. The zero-order valence-corrected chi connectivity index (χ0v) is 15.5. The minimum absolute atomic E-state index is 0.140. The van der Waals surface area contributed by atoms with E-state index in [2.05, 4.69) is 4.72 Å². The molecule has 24 heavy (non-hydrogen) atoms. The van der Waals surface area contributed by atoms with E-state index >= 15 is 0 Å². The third-order valence-electron chi connectivity index (χ3n) is 4.34. The summed E-state index contributed by atoms with van der Waals surface area (Å²) in [4.78, 5) is 0.312. The minimum atomic E-state index is -3.58. The van der Waals surface area contributed by atoms with E-state index in [4.69, 9.17) is 4.74 Å². The lowest BCUT2D eigenvalue weighted by molar-refractivity contribution is 0.410. The summed E-state index contributed by atoms with van der Waals surface area (Å²) in [6, 6.07) is 13.1. The smallest absolute Gasteiger partial charge is 0.241 e. The normalized spacial score (nSPS) is 12.8. The van der Waals surface area contributed by atoms with E-state index in [1.54, 1.807) is 19.2 Å². The molecule has 0 spiro atoms. The van der Waals surface area contributed by atoms with Gasteiger partial charge >= 0.3 is 0 Å². The van der Waals surface area contributed by atoms with Crippen LogP contribution in [0.25, 0.3) is 0 Å². The van der Waals surface area contributed by atoms with Crippen LogP contribution in [0, 0.1) is 13.8 Å². The molecule has 1 N–H and O–H groups in total. The molecular weight excluding hydrogens is 322 g/mol. The molecule has 0 aliphatic rings. The lowest BCUT2D eigenvalue weighted by Gasteiger charge is -2.19. The van der Waals surface area contributed by atoms with Crippen molar-refractivity contribution in [3.8, 4) is 5.75 Å². The van der Waals surface area contributed by atoms with Gasteiger partial charge in [0, 0.05) is 6.04 Å². The summed E-state index contributed by atoms with van der Waals surface area (Å²) in [6.07, 6.45) is 1.40. The number of benzene rings is 2. The summed E-state index contributed by atoms with van der Waals surface area (Å²) < 4.78 is 33.7. The molecule has 0 radical (unpaired) electrons. The van der Waals surface area contributed by atoms with Gasteiger partial charge in [0.05, 0.1) is 12.0 Å². The molecule has 2 aromatic carbocycles. The van der Waals surface area contributed by atoms with Gasteiger partial charge in [0.25, 0.3) is 0 Å². The number of rotatable bonds is 7. The summed E-state index contributed by atoms with van der Waals surface area (Å²) in [5.74, 6) is 0.697. The predicted octanol–water partition coefficient (Wildman–Crippen LogP) is 3.61. The predicted molar refractivity (Wildman–Crippen MR) is 97.0 cm³/mol. The van der Waals surface area contributed by atoms with Crippen LogP contribution in [-0.2, 0) is 16.4 Å². The fourth-order valence-corrected chi connectivity index (χ4v) is 4.35. The molecule has 130 valence electrons. The van der Waals surface area contributed by atoms with Crippen molar-refractivity contribution in [1.82, 2.24) is 4.72 Å². The summed E-state index contributed by atoms with van der Waals surface area (Å²) in [6.45, 7) is 5.67. The Hall–Kier alpha value is -1.85. The zero-order chi connectivity index (χ0) is 17.7. The average Bonchev–Trinajstić information content (AvgIpc) is 2.57. The Kier molecular flexibility index (Phi) is 6.02. The Morgan fingerprint density at radius 1 is 1.04 bits per heavy atom. The molecule has 1 atom stereocenters. The van der Waals surface area contributed by atoms with E-state index in [1.807, 2.05) is 51.1 Å². The number of nitrogens with one attached hydrogen (secondary N) is 1. The molecule has 5 heteroatoms. The van der Waals surface area contributed by atoms with Gasteiger partial charge < -0.3 is 4.74 Å². The van der Waals surface area contributed by atoms with Crippen molar-refractivity contribution in [2.75, 3.05) is 7.11 Å². The third kappa shape index (κ3) is 4.16. The molecule has 0 fully saturated rings. The van der Waals surface area contributed by atoms with E-state index in [0.29, 0.717) is 17.1 Å². The number of sulfonamides is 1.